The standard InChI is InChI=1S/C17H23N5O3/c1-20-13(16(24)21(2)17(20)25)8-14(23)22-7-6-12-11(9-22)15(19-18-12)10-4-3-5-10/h10,13H,3-9H2,1-2H3,(H,18,19). The predicted octanol–water partition coefficient (Wildman–Crippen LogP) is 0.844. The Kier molecular flexibility index (Phi) is 3.77. The fourth-order valence-corrected chi connectivity index (χ4v) is 3.92. The number of amides is 4. The van der Waals surface area contributed by atoms with E-state index in [0.29, 0.717) is 19.0 Å². The van der Waals surface area contributed by atoms with E-state index >= 15 is 0 Å². The third-order valence-electron chi connectivity index (χ3n) is 5.85. The molecule has 4 amide bonds. The molecule has 1 saturated heterocycles. The molecule has 4 rings (SSSR count). The lowest BCUT2D eigenvalue weighted by molar-refractivity contribution is -0.137. The molecule has 1 aromatic heterocycles. The summed E-state index contributed by atoms with van der Waals surface area (Å²) in [6.45, 7) is 1.16. The van der Waals surface area contributed by atoms with Crippen LogP contribution >= 0.6 is 0 Å². The number of likely N-dealkylation sites (N-methyl/N-ethyl adjacent to an activating group) is 2. The minimum atomic E-state index is -0.693. The summed E-state index contributed by atoms with van der Waals surface area (Å²) in [4.78, 5) is 41.0. The van der Waals surface area contributed by atoms with E-state index in [0.717, 1.165) is 28.3 Å². The van der Waals surface area contributed by atoms with Gasteiger partial charge in [0, 0.05) is 50.8 Å². The van der Waals surface area contributed by atoms with Crippen molar-refractivity contribution < 1.29 is 14.4 Å². The van der Waals surface area contributed by atoms with Gasteiger partial charge in [-0.25, -0.2) is 4.79 Å². The number of hydrogen-bond donors (Lipinski definition) is 1. The Hall–Kier alpha value is -2.38. The van der Waals surface area contributed by atoms with Crippen LogP contribution in [0.1, 0.15) is 48.6 Å². The summed E-state index contributed by atoms with van der Waals surface area (Å²) in [5.41, 5.74) is 3.40. The lowest BCUT2D eigenvalue weighted by atomic mass is 9.80. The highest BCUT2D eigenvalue weighted by Crippen LogP contribution is 2.38. The summed E-state index contributed by atoms with van der Waals surface area (Å²) in [5, 5.41) is 7.62. The Bertz CT molecular complexity index is 739. The van der Waals surface area contributed by atoms with Gasteiger partial charge in [0.05, 0.1) is 12.1 Å². The van der Waals surface area contributed by atoms with Crippen molar-refractivity contribution in [1.29, 1.82) is 0 Å². The lowest BCUT2D eigenvalue weighted by Gasteiger charge is -2.31. The molecule has 0 spiro atoms. The first-order valence-electron chi connectivity index (χ1n) is 8.85. The topological polar surface area (TPSA) is 89.6 Å². The van der Waals surface area contributed by atoms with Gasteiger partial charge >= 0.3 is 6.03 Å². The number of hydrogen-bond acceptors (Lipinski definition) is 4. The normalized spacial score (nSPS) is 23.9. The number of fused-ring (bicyclic) bond motifs is 1. The van der Waals surface area contributed by atoms with Crippen molar-refractivity contribution in [1.82, 2.24) is 24.9 Å². The molecule has 2 aliphatic heterocycles. The number of rotatable bonds is 3. The van der Waals surface area contributed by atoms with E-state index in [1.807, 2.05) is 0 Å². The van der Waals surface area contributed by atoms with Crippen LogP contribution in [-0.4, -0.2) is 69.4 Å². The molecule has 1 N–H and O–H groups in total. The quantitative estimate of drug-likeness (QED) is 0.822. The van der Waals surface area contributed by atoms with Gasteiger partial charge in [-0.05, 0) is 12.8 Å². The van der Waals surface area contributed by atoms with Gasteiger partial charge in [0.2, 0.25) is 5.91 Å². The summed E-state index contributed by atoms with van der Waals surface area (Å²) in [5.74, 6) is 0.126. The Labute approximate surface area is 146 Å². The van der Waals surface area contributed by atoms with Crippen molar-refractivity contribution in [2.24, 2.45) is 0 Å². The molecule has 0 bridgehead atoms. The third kappa shape index (κ3) is 2.51. The fraction of sp³-hybridized carbons (Fsp3) is 0.647. The van der Waals surface area contributed by atoms with Crippen molar-refractivity contribution in [2.75, 3.05) is 20.6 Å². The molecule has 3 heterocycles. The highest BCUT2D eigenvalue weighted by Gasteiger charge is 2.42. The summed E-state index contributed by atoms with van der Waals surface area (Å²) in [6.07, 6.45) is 4.38. The summed E-state index contributed by atoms with van der Waals surface area (Å²) in [6, 6.07) is -1.05. The number of aromatic amines is 1. The van der Waals surface area contributed by atoms with E-state index < -0.39 is 6.04 Å². The van der Waals surface area contributed by atoms with Crippen molar-refractivity contribution >= 4 is 17.8 Å². The molecule has 1 aromatic rings. The SMILES string of the molecule is CN1C(=O)C(CC(=O)N2CCc3[nH]nc(C4CCC4)c3C2)N(C)C1=O. The molecular weight excluding hydrogens is 322 g/mol. The van der Waals surface area contributed by atoms with Crippen LogP contribution in [0.4, 0.5) is 4.79 Å². The molecule has 0 aromatic carbocycles. The molecule has 0 radical (unpaired) electrons. The average molecular weight is 345 g/mol. The van der Waals surface area contributed by atoms with Gasteiger partial charge in [0.15, 0.2) is 0 Å². The van der Waals surface area contributed by atoms with Gasteiger partial charge in [-0.15, -0.1) is 0 Å². The second-order valence-electron chi connectivity index (χ2n) is 7.27. The number of nitrogens with one attached hydrogen (secondary N) is 1. The maximum absolute atomic E-state index is 12.7. The maximum Gasteiger partial charge on any atom is 0.326 e. The van der Waals surface area contributed by atoms with Crippen LogP contribution in [0.2, 0.25) is 0 Å². The Morgan fingerprint density at radius 2 is 2.04 bits per heavy atom. The highest BCUT2D eigenvalue weighted by atomic mass is 16.2. The van der Waals surface area contributed by atoms with E-state index in [9.17, 15) is 14.4 Å². The first-order valence-corrected chi connectivity index (χ1v) is 8.85. The predicted molar refractivity (Wildman–Crippen MR) is 88.6 cm³/mol. The molecule has 1 aliphatic carbocycles. The van der Waals surface area contributed by atoms with Crippen LogP contribution in [0.3, 0.4) is 0 Å². The molecule has 1 unspecified atom stereocenters. The molecule has 134 valence electrons. The minimum absolute atomic E-state index is 0.0390. The third-order valence-corrected chi connectivity index (χ3v) is 5.85. The number of carbonyl (C=O) groups excluding carboxylic acids is 3. The lowest BCUT2D eigenvalue weighted by Crippen LogP contribution is -2.41. The van der Waals surface area contributed by atoms with Gasteiger partial charge in [-0.2, -0.15) is 5.10 Å². The van der Waals surface area contributed by atoms with Crippen molar-refractivity contribution in [3.05, 3.63) is 17.0 Å². The summed E-state index contributed by atoms with van der Waals surface area (Å²) < 4.78 is 0. The first-order chi connectivity index (χ1) is 12.0. The minimum Gasteiger partial charge on any atom is -0.338 e. The van der Waals surface area contributed by atoms with Gasteiger partial charge in [-0.1, -0.05) is 6.42 Å². The van der Waals surface area contributed by atoms with Crippen LogP contribution in [0.25, 0.3) is 0 Å². The Morgan fingerprint density at radius 3 is 2.64 bits per heavy atom. The van der Waals surface area contributed by atoms with E-state index in [1.165, 1.54) is 31.2 Å². The van der Waals surface area contributed by atoms with Gasteiger partial charge in [0.25, 0.3) is 5.91 Å². The second-order valence-corrected chi connectivity index (χ2v) is 7.27. The molecule has 3 aliphatic rings. The molecule has 2 fully saturated rings. The zero-order chi connectivity index (χ0) is 17.7. The Balaban J connectivity index is 1.46. The zero-order valence-electron chi connectivity index (χ0n) is 14.6. The van der Waals surface area contributed by atoms with Gasteiger partial charge in [0.1, 0.15) is 6.04 Å². The van der Waals surface area contributed by atoms with Crippen LogP contribution in [0, 0.1) is 0 Å². The molecule has 1 saturated carbocycles. The van der Waals surface area contributed by atoms with Gasteiger partial charge in [-0.3, -0.25) is 19.6 Å². The smallest absolute Gasteiger partial charge is 0.326 e. The average Bonchev–Trinajstić information content (AvgIpc) is 3.04. The van der Waals surface area contributed by atoms with Crippen molar-refractivity contribution in [2.45, 2.75) is 50.6 Å². The molecular formula is C17H23N5O3. The number of imide groups is 1. The number of carbonyl (C=O) groups is 3. The molecule has 8 heteroatoms. The van der Waals surface area contributed by atoms with E-state index in [2.05, 4.69) is 10.2 Å². The molecule has 25 heavy (non-hydrogen) atoms. The fourth-order valence-electron chi connectivity index (χ4n) is 3.92. The van der Waals surface area contributed by atoms with E-state index in [4.69, 9.17) is 0 Å². The summed E-state index contributed by atoms with van der Waals surface area (Å²) in [7, 11) is 3.02. The summed E-state index contributed by atoms with van der Waals surface area (Å²) >= 11 is 0. The number of urea groups is 1. The van der Waals surface area contributed by atoms with E-state index in [-0.39, 0.29) is 24.3 Å². The largest absolute Gasteiger partial charge is 0.338 e. The second kappa shape index (κ2) is 5.86. The number of nitrogens with zero attached hydrogens (tertiary/aromatic N) is 4. The van der Waals surface area contributed by atoms with Crippen LogP contribution in [-0.2, 0) is 22.6 Å². The van der Waals surface area contributed by atoms with Crippen LogP contribution in [0.5, 0.6) is 0 Å². The monoisotopic (exact) mass is 345 g/mol. The van der Waals surface area contributed by atoms with E-state index in [1.54, 1.807) is 11.9 Å². The highest BCUT2D eigenvalue weighted by molar-refractivity contribution is 6.05. The van der Waals surface area contributed by atoms with Crippen LogP contribution in [0.15, 0.2) is 0 Å². The van der Waals surface area contributed by atoms with Crippen molar-refractivity contribution in [3.63, 3.8) is 0 Å². The van der Waals surface area contributed by atoms with Crippen molar-refractivity contribution in [3.8, 4) is 0 Å². The van der Waals surface area contributed by atoms with Crippen LogP contribution < -0.4 is 0 Å². The first kappa shape index (κ1) is 16.1. The van der Waals surface area contributed by atoms with Gasteiger partial charge < -0.3 is 9.80 Å². The number of aromatic nitrogens is 2. The Morgan fingerprint density at radius 1 is 1.28 bits per heavy atom. The number of H-pyrrole nitrogens is 1. The molecule has 1 atom stereocenters. The maximum atomic E-state index is 12.7. The zero-order valence-corrected chi connectivity index (χ0v) is 14.6. The molecule has 8 nitrogen and oxygen atoms in total.